The van der Waals surface area contributed by atoms with Gasteiger partial charge < -0.3 is 15.6 Å². The van der Waals surface area contributed by atoms with Crippen LogP contribution in [0.25, 0.3) is 0 Å². The zero-order valence-corrected chi connectivity index (χ0v) is 14.8. The topological polar surface area (TPSA) is 66.2 Å². The van der Waals surface area contributed by atoms with Crippen LogP contribution < -0.4 is 10.8 Å². The zero-order valence-electron chi connectivity index (χ0n) is 11.7. The van der Waals surface area contributed by atoms with Crippen molar-refractivity contribution in [2.75, 3.05) is 0 Å². The fourth-order valence-electron chi connectivity index (χ4n) is 1.41. The summed E-state index contributed by atoms with van der Waals surface area (Å²) in [6, 6.07) is -0.843. The van der Waals surface area contributed by atoms with Crippen LogP contribution >= 0.6 is 9.58 Å². The Morgan fingerprint density at radius 3 is 1.50 bits per heavy atom. The van der Waals surface area contributed by atoms with Crippen molar-refractivity contribution in [1.82, 2.24) is 0 Å². The van der Waals surface area contributed by atoms with Crippen LogP contribution in [-0.2, 0) is 22.7 Å². The van der Waals surface area contributed by atoms with Gasteiger partial charge in [-0.05, 0) is 6.92 Å². The van der Waals surface area contributed by atoms with Gasteiger partial charge in [-0.15, -0.1) is 0 Å². The van der Waals surface area contributed by atoms with E-state index in [4.69, 9.17) is 5.73 Å². The minimum atomic E-state index is -1.21. The number of hydrogen-bond donors (Lipinski definition) is 1. The molecule has 1 atom stereocenters. The Balaban J connectivity index is 0. The van der Waals surface area contributed by atoms with Gasteiger partial charge in [-0.2, -0.15) is 27.8 Å². The van der Waals surface area contributed by atoms with Crippen LogP contribution in [0.2, 0.25) is 0 Å². The van der Waals surface area contributed by atoms with Crippen molar-refractivity contribution in [3.8, 4) is 0 Å². The fraction of sp³-hybridized carbons (Fsp3) is 0.538. The van der Waals surface area contributed by atoms with Gasteiger partial charge >= 0.3 is 27.5 Å². The molecule has 0 saturated carbocycles. The van der Waals surface area contributed by atoms with Gasteiger partial charge in [0.25, 0.3) is 0 Å². The third-order valence-electron chi connectivity index (χ3n) is 3.18. The second kappa shape index (κ2) is 9.62. The molecule has 0 bridgehead atoms. The van der Waals surface area contributed by atoms with E-state index in [-0.39, 0.29) is 0 Å². The molecular weight excluding hydrogens is 430 g/mol. The van der Waals surface area contributed by atoms with Gasteiger partial charge in [0.05, 0.1) is 5.97 Å². The SMILES string of the molecule is C[C@H](N)C(=O)[O-].Cc1c(C)c(C)[c-](C)c1C.[Cl][Ir+2]. The Morgan fingerprint density at radius 1 is 1.22 bits per heavy atom. The summed E-state index contributed by atoms with van der Waals surface area (Å²) in [5.74, 6) is -1.21. The van der Waals surface area contributed by atoms with Gasteiger partial charge in [-0.1, -0.05) is 34.6 Å². The molecule has 0 aliphatic heterocycles. The number of hydrogen-bond acceptors (Lipinski definition) is 3. The molecule has 106 valence electrons. The van der Waals surface area contributed by atoms with E-state index in [0.29, 0.717) is 0 Å². The first-order valence-corrected chi connectivity index (χ1v) is 8.45. The standard InChI is InChI=1S/C10H15.C3H7NO2.ClH.Ir/c1-6-7(2)9(4)10(5)8(6)3;1-2(4)3(5)6;;/h1-5H3;2H,4H2,1H3,(H,5,6);1H;/q-1;;;+3/p-2/t;2-;;/m.0../s1. The van der Waals surface area contributed by atoms with Crippen molar-refractivity contribution in [2.45, 2.75) is 47.6 Å². The average molecular weight is 451 g/mol. The summed E-state index contributed by atoms with van der Waals surface area (Å²) in [5, 5.41) is 9.46. The van der Waals surface area contributed by atoms with Crippen molar-refractivity contribution in [3.63, 3.8) is 0 Å². The molecule has 0 spiro atoms. The Bertz CT molecular complexity index is 307. The Hall–Kier alpha value is -0.281. The van der Waals surface area contributed by atoms with Crippen LogP contribution in [0.5, 0.6) is 0 Å². The summed E-state index contributed by atoms with van der Waals surface area (Å²) in [5.41, 5.74) is 12.1. The molecule has 0 aromatic heterocycles. The van der Waals surface area contributed by atoms with E-state index in [1.165, 1.54) is 52.6 Å². The predicted octanol–water partition coefficient (Wildman–Crippen LogP) is 1.72. The number of nitrogens with two attached hydrogens (primary N) is 1. The molecule has 1 rings (SSSR count). The van der Waals surface area contributed by atoms with Crippen molar-refractivity contribution < 1.29 is 27.8 Å². The number of carbonyl (C=O) groups excluding carboxylic acids is 1. The summed E-state index contributed by atoms with van der Waals surface area (Å²) in [6.45, 7) is 12.4. The van der Waals surface area contributed by atoms with E-state index >= 15 is 0 Å². The summed E-state index contributed by atoms with van der Waals surface area (Å²) in [7, 11) is 4.64. The summed E-state index contributed by atoms with van der Waals surface area (Å²) in [6.07, 6.45) is 0. The Kier molecular flexibility index (Phi) is 10.7. The van der Waals surface area contributed by atoms with Gasteiger partial charge in [0, 0.05) is 6.04 Å². The number of halogens is 1. The number of rotatable bonds is 1. The van der Waals surface area contributed by atoms with Crippen molar-refractivity contribution in [2.24, 2.45) is 5.73 Å². The number of carboxylic acids is 1. The molecule has 0 amide bonds. The molecule has 3 nitrogen and oxygen atoms in total. The number of carboxylic acid groups (broad SMARTS) is 1. The van der Waals surface area contributed by atoms with E-state index < -0.39 is 12.0 Å². The third kappa shape index (κ3) is 6.05. The normalized spacial score (nSPS) is 10.7. The molecule has 1 aromatic carbocycles. The molecule has 0 aliphatic carbocycles. The maximum absolute atomic E-state index is 9.46. The van der Waals surface area contributed by atoms with Crippen LogP contribution in [-0.4, -0.2) is 12.0 Å². The molecular formula is C13H21ClIrNO2. The van der Waals surface area contributed by atoms with Gasteiger partial charge in [-0.25, -0.2) is 0 Å². The van der Waals surface area contributed by atoms with Crippen LogP contribution in [0, 0.1) is 34.6 Å². The Labute approximate surface area is 124 Å². The van der Waals surface area contributed by atoms with Crippen molar-refractivity contribution in [1.29, 1.82) is 0 Å². The zero-order chi connectivity index (χ0) is 15.0. The fourth-order valence-corrected chi connectivity index (χ4v) is 1.41. The molecule has 0 saturated heterocycles. The van der Waals surface area contributed by atoms with Gasteiger partial charge in [0.2, 0.25) is 0 Å². The van der Waals surface area contributed by atoms with E-state index in [0.717, 1.165) is 0 Å². The van der Waals surface area contributed by atoms with E-state index in [1.54, 1.807) is 0 Å². The first-order valence-electron chi connectivity index (χ1n) is 5.48. The predicted molar refractivity (Wildman–Crippen MR) is 70.2 cm³/mol. The molecule has 1 aromatic rings. The van der Waals surface area contributed by atoms with Crippen LogP contribution in [0.15, 0.2) is 0 Å². The minimum absolute atomic E-state index is 0.843. The van der Waals surface area contributed by atoms with Gasteiger partial charge in [0.15, 0.2) is 0 Å². The van der Waals surface area contributed by atoms with Gasteiger partial charge in [0.1, 0.15) is 0 Å². The Morgan fingerprint density at radius 2 is 1.44 bits per heavy atom. The van der Waals surface area contributed by atoms with Crippen LogP contribution in [0.4, 0.5) is 0 Å². The monoisotopic (exact) mass is 451 g/mol. The third-order valence-corrected chi connectivity index (χ3v) is 3.18. The molecule has 0 aliphatic rings. The molecule has 18 heavy (non-hydrogen) atoms. The summed E-state index contributed by atoms with van der Waals surface area (Å²) in [4.78, 5) is 9.46. The molecule has 0 fully saturated rings. The molecule has 0 heterocycles. The number of carbonyl (C=O) groups is 1. The van der Waals surface area contributed by atoms with Gasteiger partial charge in [-0.3, -0.25) is 0 Å². The van der Waals surface area contributed by atoms with E-state index in [9.17, 15) is 9.90 Å². The quantitative estimate of drug-likeness (QED) is 0.662. The second-order valence-electron chi connectivity index (χ2n) is 4.23. The molecule has 0 radical (unpaired) electrons. The first kappa shape index (κ1) is 20.0. The molecule has 0 unspecified atom stereocenters. The second-order valence-corrected chi connectivity index (χ2v) is 4.23. The summed E-state index contributed by atoms with van der Waals surface area (Å²) < 4.78 is 0. The summed E-state index contributed by atoms with van der Waals surface area (Å²) >= 11 is 1.47. The van der Waals surface area contributed by atoms with Crippen LogP contribution in [0.3, 0.4) is 0 Å². The van der Waals surface area contributed by atoms with Crippen molar-refractivity contribution in [3.05, 3.63) is 27.8 Å². The molecule has 2 N–H and O–H groups in total. The molecule has 5 heteroatoms. The van der Waals surface area contributed by atoms with E-state index in [2.05, 4.69) is 44.2 Å². The maximum atomic E-state index is 9.46. The van der Waals surface area contributed by atoms with Crippen LogP contribution in [0.1, 0.15) is 34.7 Å². The van der Waals surface area contributed by atoms with Crippen molar-refractivity contribution >= 4 is 15.6 Å². The first-order chi connectivity index (χ1) is 8.20. The average Bonchev–Trinajstić information content (AvgIpc) is 2.51. The number of aliphatic carboxylic acids is 1. The van der Waals surface area contributed by atoms with E-state index in [1.807, 2.05) is 0 Å².